The fraction of sp³-hybridized carbons (Fsp3) is 0.261. The quantitative estimate of drug-likeness (QED) is 0.604. The van der Waals surface area contributed by atoms with Crippen molar-refractivity contribution in [1.29, 1.82) is 0 Å². The molecular formula is C23H20ClNO6. The highest BCUT2D eigenvalue weighted by molar-refractivity contribution is 6.33. The minimum Gasteiger partial charge on any atom is -0.482 e. The van der Waals surface area contributed by atoms with Gasteiger partial charge in [-0.2, -0.15) is 0 Å². The van der Waals surface area contributed by atoms with Gasteiger partial charge in [0, 0.05) is 30.6 Å². The van der Waals surface area contributed by atoms with E-state index in [1.54, 1.807) is 6.07 Å². The van der Waals surface area contributed by atoms with Gasteiger partial charge in [-0.25, -0.2) is 4.79 Å². The zero-order valence-electron chi connectivity index (χ0n) is 16.5. The van der Waals surface area contributed by atoms with E-state index in [1.165, 1.54) is 17.0 Å². The molecule has 4 rings (SSSR count). The van der Waals surface area contributed by atoms with Crippen LogP contribution in [-0.4, -0.2) is 41.6 Å². The van der Waals surface area contributed by atoms with E-state index in [9.17, 15) is 19.5 Å². The normalized spacial score (nSPS) is 16.3. The number of halogens is 1. The van der Waals surface area contributed by atoms with Crippen molar-refractivity contribution in [2.24, 2.45) is 5.92 Å². The molecule has 0 bridgehead atoms. The molecule has 8 heteroatoms. The Labute approximate surface area is 182 Å². The SMILES string of the molecule is O=C(O)[C@@H]1CCCN(C(=O)COc2cc3oc(=O)cc(-c4ccccc4)c3cc2Cl)C1. The Morgan fingerprint density at radius 1 is 1.19 bits per heavy atom. The maximum Gasteiger partial charge on any atom is 0.336 e. The van der Waals surface area contributed by atoms with E-state index in [1.807, 2.05) is 30.3 Å². The summed E-state index contributed by atoms with van der Waals surface area (Å²) < 4.78 is 10.9. The van der Waals surface area contributed by atoms with Gasteiger partial charge in [0.15, 0.2) is 6.61 Å². The molecule has 1 saturated heterocycles. The van der Waals surface area contributed by atoms with Gasteiger partial charge in [-0.3, -0.25) is 9.59 Å². The van der Waals surface area contributed by atoms with Crippen LogP contribution in [0.5, 0.6) is 5.75 Å². The highest BCUT2D eigenvalue weighted by Gasteiger charge is 2.28. The number of benzene rings is 2. The van der Waals surface area contributed by atoms with Crippen molar-refractivity contribution in [3.63, 3.8) is 0 Å². The summed E-state index contributed by atoms with van der Waals surface area (Å²) in [5.74, 6) is -1.57. The van der Waals surface area contributed by atoms with Gasteiger partial charge in [0.2, 0.25) is 0 Å². The zero-order chi connectivity index (χ0) is 22.0. The Hall–Kier alpha value is -3.32. The van der Waals surface area contributed by atoms with Crippen molar-refractivity contribution in [3.05, 3.63) is 64.0 Å². The summed E-state index contributed by atoms with van der Waals surface area (Å²) in [5.41, 5.74) is 1.31. The lowest BCUT2D eigenvalue weighted by atomic mass is 9.98. The number of ether oxygens (including phenoxy) is 1. The van der Waals surface area contributed by atoms with Crippen LogP contribution in [-0.2, 0) is 9.59 Å². The van der Waals surface area contributed by atoms with Gasteiger partial charge in [0.25, 0.3) is 5.91 Å². The maximum absolute atomic E-state index is 12.5. The Morgan fingerprint density at radius 3 is 2.71 bits per heavy atom. The molecule has 0 unspecified atom stereocenters. The topological polar surface area (TPSA) is 97.1 Å². The molecule has 3 aromatic rings. The Morgan fingerprint density at radius 2 is 1.97 bits per heavy atom. The van der Waals surface area contributed by atoms with Gasteiger partial charge >= 0.3 is 11.6 Å². The molecule has 1 aromatic heterocycles. The molecule has 1 N–H and O–H groups in total. The number of carboxylic acids is 1. The number of hydrogen-bond donors (Lipinski definition) is 1. The third kappa shape index (κ3) is 4.56. The van der Waals surface area contributed by atoms with Crippen molar-refractivity contribution in [2.75, 3.05) is 19.7 Å². The molecule has 0 radical (unpaired) electrons. The average Bonchev–Trinajstić information content (AvgIpc) is 2.78. The smallest absolute Gasteiger partial charge is 0.336 e. The lowest BCUT2D eigenvalue weighted by Gasteiger charge is -2.30. The van der Waals surface area contributed by atoms with E-state index in [0.717, 1.165) is 5.56 Å². The number of hydrogen-bond acceptors (Lipinski definition) is 5. The molecule has 160 valence electrons. The van der Waals surface area contributed by atoms with Gasteiger partial charge in [-0.1, -0.05) is 41.9 Å². The van der Waals surface area contributed by atoms with E-state index in [2.05, 4.69) is 0 Å². The highest BCUT2D eigenvalue weighted by atomic mass is 35.5. The van der Waals surface area contributed by atoms with Crippen molar-refractivity contribution < 1.29 is 23.8 Å². The third-order valence-corrected chi connectivity index (χ3v) is 5.65. The number of carbonyl (C=O) groups is 2. The molecule has 0 saturated carbocycles. The lowest BCUT2D eigenvalue weighted by Crippen LogP contribution is -2.44. The summed E-state index contributed by atoms with van der Waals surface area (Å²) in [5, 5.41) is 10.1. The molecule has 1 fully saturated rings. The summed E-state index contributed by atoms with van der Waals surface area (Å²) in [6, 6.07) is 13.9. The number of piperidine rings is 1. The molecule has 2 aromatic carbocycles. The number of aliphatic carboxylic acids is 1. The molecule has 0 spiro atoms. The van der Waals surface area contributed by atoms with Crippen LogP contribution in [0.15, 0.2) is 57.7 Å². The maximum atomic E-state index is 12.5. The van der Waals surface area contributed by atoms with E-state index in [4.69, 9.17) is 20.8 Å². The Bertz CT molecular complexity index is 1190. The second-order valence-electron chi connectivity index (χ2n) is 7.43. The first-order chi connectivity index (χ1) is 14.9. The van der Waals surface area contributed by atoms with Gasteiger partial charge < -0.3 is 19.2 Å². The summed E-state index contributed by atoms with van der Waals surface area (Å²) in [7, 11) is 0. The van der Waals surface area contributed by atoms with Crippen molar-refractivity contribution in [2.45, 2.75) is 12.8 Å². The van der Waals surface area contributed by atoms with Crippen LogP contribution in [0.25, 0.3) is 22.1 Å². The predicted molar refractivity (Wildman–Crippen MR) is 115 cm³/mol. The molecule has 1 aliphatic rings. The lowest BCUT2D eigenvalue weighted by molar-refractivity contribution is -0.146. The first kappa shape index (κ1) is 20.9. The van der Waals surface area contributed by atoms with Crippen molar-refractivity contribution in [3.8, 4) is 16.9 Å². The number of carbonyl (C=O) groups excluding carboxylic acids is 1. The van der Waals surface area contributed by atoms with Gasteiger partial charge in [-0.15, -0.1) is 0 Å². The third-order valence-electron chi connectivity index (χ3n) is 5.36. The number of amides is 1. The van der Waals surface area contributed by atoms with E-state index < -0.39 is 17.5 Å². The number of rotatable bonds is 5. The Kier molecular flexibility index (Phi) is 5.95. The molecular weight excluding hydrogens is 422 g/mol. The first-order valence-corrected chi connectivity index (χ1v) is 10.3. The van der Waals surface area contributed by atoms with E-state index >= 15 is 0 Å². The number of likely N-dealkylation sites (tertiary alicyclic amines) is 1. The molecule has 31 heavy (non-hydrogen) atoms. The van der Waals surface area contributed by atoms with Gasteiger partial charge in [0.1, 0.15) is 11.3 Å². The van der Waals surface area contributed by atoms with Crippen LogP contribution in [0.1, 0.15) is 12.8 Å². The van der Waals surface area contributed by atoms with Gasteiger partial charge in [-0.05, 0) is 30.0 Å². The molecule has 1 atom stereocenters. The molecule has 1 aliphatic heterocycles. The van der Waals surface area contributed by atoms with Crippen LogP contribution in [0.2, 0.25) is 5.02 Å². The first-order valence-electron chi connectivity index (χ1n) is 9.88. The zero-order valence-corrected chi connectivity index (χ0v) is 17.3. The van der Waals surface area contributed by atoms with Crippen LogP contribution in [0, 0.1) is 5.92 Å². The molecule has 7 nitrogen and oxygen atoms in total. The summed E-state index contributed by atoms with van der Waals surface area (Å²) in [6.45, 7) is 0.366. The minimum atomic E-state index is -0.903. The van der Waals surface area contributed by atoms with Crippen LogP contribution in [0.4, 0.5) is 0 Å². The fourth-order valence-corrected chi connectivity index (χ4v) is 3.98. The summed E-state index contributed by atoms with van der Waals surface area (Å²) in [4.78, 5) is 37.3. The van der Waals surface area contributed by atoms with Gasteiger partial charge in [0.05, 0.1) is 10.9 Å². The highest BCUT2D eigenvalue weighted by Crippen LogP contribution is 2.34. The number of nitrogens with zero attached hydrogens (tertiary/aromatic N) is 1. The summed E-state index contributed by atoms with van der Waals surface area (Å²) in [6.07, 6.45) is 1.19. The van der Waals surface area contributed by atoms with Crippen LogP contribution >= 0.6 is 11.6 Å². The number of carboxylic acid groups (broad SMARTS) is 1. The standard InChI is InChI=1S/C23H20ClNO6/c24-18-9-17-16(14-5-2-1-3-6-14)10-22(27)31-19(17)11-20(18)30-13-21(26)25-8-4-7-15(12-25)23(28)29/h1-3,5-6,9-11,15H,4,7-8,12-13H2,(H,28,29)/t15-/m1/s1. The molecule has 1 amide bonds. The monoisotopic (exact) mass is 441 g/mol. The second-order valence-corrected chi connectivity index (χ2v) is 7.84. The predicted octanol–water partition coefficient (Wildman–Crippen LogP) is 3.82. The van der Waals surface area contributed by atoms with Crippen LogP contribution in [0.3, 0.4) is 0 Å². The second kappa shape index (κ2) is 8.81. The number of fused-ring (bicyclic) bond motifs is 1. The molecule has 0 aliphatic carbocycles. The van der Waals surface area contributed by atoms with Crippen molar-refractivity contribution >= 4 is 34.4 Å². The van der Waals surface area contributed by atoms with Crippen LogP contribution < -0.4 is 10.4 Å². The largest absolute Gasteiger partial charge is 0.482 e. The Balaban J connectivity index is 1.56. The van der Waals surface area contributed by atoms with E-state index in [0.29, 0.717) is 35.9 Å². The minimum absolute atomic E-state index is 0.165. The summed E-state index contributed by atoms with van der Waals surface area (Å²) >= 11 is 6.39. The average molecular weight is 442 g/mol. The van der Waals surface area contributed by atoms with Crippen molar-refractivity contribution in [1.82, 2.24) is 4.90 Å². The fourth-order valence-electron chi connectivity index (χ4n) is 3.77. The molecule has 2 heterocycles. The van der Waals surface area contributed by atoms with E-state index in [-0.39, 0.29) is 29.8 Å².